The van der Waals surface area contributed by atoms with Gasteiger partial charge in [-0.1, -0.05) is 54.6 Å². The third kappa shape index (κ3) is 2.43. The van der Waals surface area contributed by atoms with E-state index in [-0.39, 0.29) is 6.54 Å². The molecule has 2 aromatic carbocycles. The molecule has 0 spiro atoms. The van der Waals surface area contributed by atoms with Crippen molar-refractivity contribution in [2.24, 2.45) is 5.73 Å². The van der Waals surface area contributed by atoms with Gasteiger partial charge in [-0.3, -0.25) is 5.10 Å². The largest absolute Gasteiger partial charge is 0.379 e. The summed E-state index contributed by atoms with van der Waals surface area (Å²) in [6.45, 7) is 2.08. The molecule has 0 aliphatic heterocycles. The second-order valence-electron chi connectivity index (χ2n) is 5.39. The van der Waals surface area contributed by atoms with Gasteiger partial charge in [0.05, 0.1) is 5.69 Å². The molecule has 3 rings (SSSR count). The number of nitrogens with two attached hydrogens (primary N) is 1. The Balaban J connectivity index is 1.99. The van der Waals surface area contributed by atoms with Crippen molar-refractivity contribution in [1.29, 1.82) is 0 Å². The molecule has 0 aliphatic carbocycles. The average molecular weight is 293 g/mol. The van der Waals surface area contributed by atoms with E-state index in [2.05, 4.69) is 10.2 Å². The summed E-state index contributed by atoms with van der Waals surface area (Å²) in [4.78, 5) is 0. The number of nitrogens with zero attached hydrogens (tertiary/aromatic N) is 1. The summed E-state index contributed by atoms with van der Waals surface area (Å²) in [5, 5.41) is 18.0. The second kappa shape index (κ2) is 5.75. The number of nitrogens with one attached hydrogen (secondary N) is 1. The maximum absolute atomic E-state index is 11.0. The zero-order valence-electron chi connectivity index (χ0n) is 12.5. The van der Waals surface area contributed by atoms with Crippen LogP contribution in [0.4, 0.5) is 0 Å². The Morgan fingerprint density at radius 1 is 1.05 bits per heavy atom. The minimum atomic E-state index is -1.18. The van der Waals surface area contributed by atoms with E-state index in [4.69, 9.17) is 5.73 Å². The van der Waals surface area contributed by atoms with Crippen LogP contribution in [-0.2, 0) is 5.60 Å². The highest BCUT2D eigenvalue weighted by molar-refractivity contribution is 5.65. The number of benzene rings is 2. The molecule has 0 fully saturated rings. The summed E-state index contributed by atoms with van der Waals surface area (Å²) in [7, 11) is 0. The number of H-pyrrole nitrogens is 1. The highest BCUT2D eigenvalue weighted by atomic mass is 16.3. The molecule has 0 saturated carbocycles. The summed E-state index contributed by atoms with van der Waals surface area (Å²) in [6, 6.07) is 17.3. The van der Waals surface area contributed by atoms with Crippen LogP contribution in [0.1, 0.15) is 16.8 Å². The molecule has 4 nitrogen and oxygen atoms in total. The summed E-state index contributed by atoms with van der Waals surface area (Å²) < 4.78 is 0. The molecule has 1 heterocycles. The lowest BCUT2D eigenvalue weighted by molar-refractivity contribution is 0.0902. The Morgan fingerprint density at radius 3 is 2.23 bits per heavy atom. The van der Waals surface area contributed by atoms with Gasteiger partial charge in [0, 0.05) is 18.3 Å². The van der Waals surface area contributed by atoms with E-state index in [1.807, 2.05) is 67.7 Å². The number of aryl methyl sites for hydroxylation is 1. The van der Waals surface area contributed by atoms with Gasteiger partial charge in [-0.05, 0) is 23.6 Å². The number of rotatable bonds is 4. The summed E-state index contributed by atoms with van der Waals surface area (Å²) in [5.74, 6) is 0. The molecule has 0 aliphatic rings. The maximum atomic E-state index is 11.0. The minimum absolute atomic E-state index is 0.126. The van der Waals surface area contributed by atoms with Gasteiger partial charge in [0.1, 0.15) is 5.60 Å². The van der Waals surface area contributed by atoms with E-state index in [0.717, 1.165) is 27.9 Å². The first kappa shape index (κ1) is 14.5. The van der Waals surface area contributed by atoms with Crippen molar-refractivity contribution in [3.63, 3.8) is 0 Å². The molecule has 112 valence electrons. The third-order valence-corrected chi connectivity index (χ3v) is 4.05. The number of aromatic nitrogens is 2. The molecule has 3 aromatic rings. The highest BCUT2D eigenvalue weighted by Crippen LogP contribution is 2.30. The maximum Gasteiger partial charge on any atom is 0.127 e. The molecule has 1 aromatic heterocycles. The Kier molecular flexibility index (Phi) is 3.79. The SMILES string of the molecule is Cc1n[nH]cc1-c1ccc(C(O)(CN)c2ccccc2)cc1. The van der Waals surface area contributed by atoms with Crippen molar-refractivity contribution in [3.8, 4) is 11.1 Å². The lowest BCUT2D eigenvalue weighted by atomic mass is 9.86. The van der Waals surface area contributed by atoms with Gasteiger partial charge < -0.3 is 10.8 Å². The van der Waals surface area contributed by atoms with E-state index in [9.17, 15) is 5.11 Å². The van der Waals surface area contributed by atoms with Gasteiger partial charge >= 0.3 is 0 Å². The third-order valence-electron chi connectivity index (χ3n) is 4.05. The zero-order chi connectivity index (χ0) is 15.6. The molecule has 0 radical (unpaired) electrons. The topological polar surface area (TPSA) is 74.9 Å². The fraction of sp³-hybridized carbons (Fsp3) is 0.167. The number of aromatic amines is 1. The predicted octanol–water partition coefficient (Wildman–Crippen LogP) is 2.58. The lowest BCUT2D eigenvalue weighted by Crippen LogP contribution is -2.36. The molecule has 1 unspecified atom stereocenters. The van der Waals surface area contributed by atoms with Crippen molar-refractivity contribution in [2.75, 3.05) is 6.54 Å². The quantitative estimate of drug-likeness (QED) is 0.692. The monoisotopic (exact) mass is 293 g/mol. The number of hydrogen-bond acceptors (Lipinski definition) is 3. The standard InChI is InChI=1S/C18H19N3O/c1-13-17(11-20-21-13)14-7-9-16(10-8-14)18(22,12-19)15-5-3-2-4-6-15/h2-11,22H,12,19H2,1H3,(H,20,21). The first-order chi connectivity index (χ1) is 10.6. The minimum Gasteiger partial charge on any atom is -0.379 e. The Morgan fingerprint density at radius 2 is 1.68 bits per heavy atom. The van der Waals surface area contributed by atoms with E-state index in [1.165, 1.54) is 0 Å². The second-order valence-corrected chi connectivity index (χ2v) is 5.39. The van der Waals surface area contributed by atoms with Crippen LogP contribution in [-0.4, -0.2) is 21.8 Å². The van der Waals surface area contributed by atoms with E-state index in [0.29, 0.717) is 0 Å². The van der Waals surface area contributed by atoms with Crippen LogP contribution in [0.5, 0.6) is 0 Å². The van der Waals surface area contributed by atoms with E-state index in [1.54, 1.807) is 0 Å². The normalized spacial score (nSPS) is 13.8. The molecular formula is C18H19N3O. The molecule has 0 amide bonds. The van der Waals surface area contributed by atoms with Gasteiger partial charge in [0.15, 0.2) is 0 Å². The van der Waals surface area contributed by atoms with Crippen molar-refractivity contribution in [1.82, 2.24) is 10.2 Å². The lowest BCUT2D eigenvalue weighted by Gasteiger charge is -2.28. The first-order valence-corrected chi connectivity index (χ1v) is 7.24. The molecule has 0 bridgehead atoms. The van der Waals surface area contributed by atoms with E-state index >= 15 is 0 Å². The average Bonchev–Trinajstić information content (AvgIpc) is 3.01. The molecular weight excluding hydrogens is 274 g/mol. The van der Waals surface area contributed by atoms with Crippen molar-refractivity contribution < 1.29 is 5.11 Å². The van der Waals surface area contributed by atoms with Gasteiger partial charge in [-0.2, -0.15) is 5.10 Å². The van der Waals surface area contributed by atoms with Gasteiger partial charge in [0.2, 0.25) is 0 Å². The predicted molar refractivity (Wildman–Crippen MR) is 87.3 cm³/mol. The summed E-state index contributed by atoms with van der Waals surface area (Å²) in [6.07, 6.45) is 1.87. The number of aliphatic hydroxyl groups is 1. The van der Waals surface area contributed by atoms with Crippen LogP contribution in [0.25, 0.3) is 11.1 Å². The molecule has 0 saturated heterocycles. The molecule has 4 heteroatoms. The molecule has 1 atom stereocenters. The van der Waals surface area contributed by atoms with Crippen LogP contribution >= 0.6 is 0 Å². The van der Waals surface area contributed by atoms with Crippen LogP contribution < -0.4 is 5.73 Å². The van der Waals surface area contributed by atoms with Crippen molar-refractivity contribution in [2.45, 2.75) is 12.5 Å². The Bertz CT molecular complexity index is 750. The van der Waals surface area contributed by atoms with Crippen LogP contribution in [0.2, 0.25) is 0 Å². The Hall–Kier alpha value is -2.43. The summed E-state index contributed by atoms with van der Waals surface area (Å²) >= 11 is 0. The van der Waals surface area contributed by atoms with Crippen LogP contribution in [0.3, 0.4) is 0 Å². The highest BCUT2D eigenvalue weighted by Gasteiger charge is 2.29. The fourth-order valence-electron chi connectivity index (χ4n) is 2.69. The Labute approximate surface area is 129 Å². The van der Waals surface area contributed by atoms with Crippen molar-refractivity contribution in [3.05, 3.63) is 77.6 Å². The van der Waals surface area contributed by atoms with Crippen molar-refractivity contribution >= 4 is 0 Å². The van der Waals surface area contributed by atoms with Crippen LogP contribution in [0, 0.1) is 6.92 Å². The number of hydrogen-bond donors (Lipinski definition) is 3. The molecule has 22 heavy (non-hydrogen) atoms. The van der Waals surface area contributed by atoms with Crippen LogP contribution in [0.15, 0.2) is 60.8 Å². The van der Waals surface area contributed by atoms with E-state index < -0.39 is 5.60 Å². The summed E-state index contributed by atoms with van der Waals surface area (Å²) in [5.41, 5.74) is 9.33. The van der Waals surface area contributed by atoms with Gasteiger partial charge in [0.25, 0.3) is 0 Å². The smallest absolute Gasteiger partial charge is 0.127 e. The zero-order valence-corrected chi connectivity index (χ0v) is 12.5. The van der Waals surface area contributed by atoms with Gasteiger partial charge in [-0.15, -0.1) is 0 Å². The van der Waals surface area contributed by atoms with Gasteiger partial charge in [-0.25, -0.2) is 0 Å². The fourth-order valence-corrected chi connectivity index (χ4v) is 2.69. The molecule has 4 N–H and O–H groups in total. The first-order valence-electron chi connectivity index (χ1n) is 7.24.